The molecule has 0 aliphatic carbocycles. The summed E-state index contributed by atoms with van der Waals surface area (Å²) >= 11 is 17.0. The fourth-order valence-electron chi connectivity index (χ4n) is 1.90. The minimum absolute atomic E-state index is 0.303. The topological polar surface area (TPSA) is 54.9 Å². The average Bonchev–Trinajstić information content (AvgIpc) is 2.61. The summed E-state index contributed by atoms with van der Waals surface area (Å²) in [7, 11) is 3.29. The largest absolute Gasteiger partial charge is 0.493 e. The predicted molar refractivity (Wildman–Crippen MR) is 106 cm³/mol. The van der Waals surface area contributed by atoms with E-state index in [0.29, 0.717) is 33.3 Å². The molecule has 0 aliphatic rings. The van der Waals surface area contributed by atoms with E-state index < -0.39 is 0 Å². The molecule has 8 heteroatoms. The molecule has 2 N–H and O–H groups in total. The fourth-order valence-corrected chi connectivity index (χ4v) is 2.42. The summed E-state index contributed by atoms with van der Waals surface area (Å²) in [6, 6.07) is 10.8. The molecule has 0 aromatic heterocycles. The van der Waals surface area contributed by atoms with Gasteiger partial charge in [0.25, 0.3) is 0 Å². The van der Waals surface area contributed by atoms with Gasteiger partial charge in [-0.3, -0.25) is 5.43 Å². The number of thiocarbonyl (C=S) groups is 1. The van der Waals surface area contributed by atoms with E-state index in [1.54, 1.807) is 38.6 Å². The average molecular weight is 398 g/mol. The smallest absolute Gasteiger partial charge is 0.186 e. The third-order valence-corrected chi connectivity index (χ3v) is 4.08. The van der Waals surface area contributed by atoms with Gasteiger partial charge in [0.05, 0.1) is 13.3 Å². The highest BCUT2D eigenvalue weighted by atomic mass is 35.5. The Hall–Kier alpha value is -2.02. The van der Waals surface area contributed by atoms with Crippen LogP contribution in [0.2, 0.25) is 10.0 Å². The van der Waals surface area contributed by atoms with Crippen LogP contribution in [0.4, 0.5) is 0 Å². The van der Waals surface area contributed by atoms with Gasteiger partial charge < -0.3 is 14.8 Å². The van der Waals surface area contributed by atoms with Gasteiger partial charge in [0.2, 0.25) is 0 Å². The van der Waals surface area contributed by atoms with Gasteiger partial charge in [-0.05, 0) is 48.1 Å². The Morgan fingerprint density at radius 1 is 1.20 bits per heavy atom. The number of rotatable bonds is 6. The number of hydrogen-bond acceptors (Lipinski definition) is 4. The van der Waals surface area contributed by atoms with E-state index in [9.17, 15) is 0 Å². The van der Waals surface area contributed by atoms with Crippen molar-refractivity contribution < 1.29 is 9.47 Å². The van der Waals surface area contributed by atoms with Gasteiger partial charge in [-0.25, -0.2) is 0 Å². The molecule has 2 aromatic rings. The minimum Gasteiger partial charge on any atom is -0.493 e. The Bertz CT molecular complexity index is 784. The molecule has 0 fully saturated rings. The van der Waals surface area contributed by atoms with Gasteiger partial charge in [0.1, 0.15) is 6.61 Å². The maximum Gasteiger partial charge on any atom is 0.186 e. The monoisotopic (exact) mass is 397 g/mol. The van der Waals surface area contributed by atoms with Crippen molar-refractivity contribution in [2.24, 2.45) is 5.10 Å². The van der Waals surface area contributed by atoms with Crippen molar-refractivity contribution in [2.75, 3.05) is 14.2 Å². The molecule has 2 aromatic carbocycles. The van der Waals surface area contributed by atoms with E-state index >= 15 is 0 Å². The minimum atomic E-state index is 0.303. The highest BCUT2D eigenvalue weighted by molar-refractivity contribution is 7.80. The molecule has 2 rings (SSSR count). The van der Waals surface area contributed by atoms with Crippen LogP contribution in [-0.4, -0.2) is 25.5 Å². The van der Waals surface area contributed by atoms with E-state index in [1.807, 2.05) is 18.2 Å². The summed E-state index contributed by atoms with van der Waals surface area (Å²) < 4.78 is 11.2. The van der Waals surface area contributed by atoms with Crippen LogP contribution < -0.4 is 20.2 Å². The molecule has 132 valence electrons. The van der Waals surface area contributed by atoms with Gasteiger partial charge in [-0.1, -0.05) is 29.3 Å². The summed E-state index contributed by atoms with van der Waals surface area (Å²) in [4.78, 5) is 0. The molecule has 0 aliphatic heterocycles. The van der Waals surface area contributed by atoms with Crippen molar-refractivity contribution >= 4 is 46.7 Å². The van der Waals surface area contributed by atoms with Gasteiger partial charge >= 0.3 is 0 Å². The lowest BCUT2D eigenvalue weighted by Crippen LogP contribution is -2.28. The van der Waals surface area contributed by atoms with Crippen LogP contribution in [0.25, 0.3) is 0 Å². The molecule has 0 heterocycles. The zero-order valence-corrected chi connectivity index (χ0v) is 16.0. The van der Waals surface area contributed by atoms with Crippen molar-refractivity contribution in [2.45, 2.75) is 6.61 Å². The Balaban J connectivity index is 2.07. The summed E-state index contributed by atoms with van der Waals surface area (Å²) in [5.41, 5.74) is 4.35. The highest BCUT2D eigenvalue weighted by Gasteiger charge is 2.08. The number of halogens is 2. The van der Waals surface area contributed by atoms with Gasteiger partial charge in [0, 0.05) is 22.7 Å². The first-order valence-corrected chi connectivity index (χ1v) is 8.45. The predicted octanol–water partition coefficient (Wildman–Crippen LogP) is 4.01. The van der Waals surface area contributed by atoms with E-state index in [0.717, 1.165) is 11.1 Å². The molecular formula is C17H17Cl2N3O2S. The Kier molecular flexibility index (Phi) is 7.31. The van der Waals surface area contributed by atoms with E-state index in [-0.39, 0.29) is 0 Å². The van der Waals surface area contributed by atoms with Crippen molar-refractivity contribution in [1.29, 1.82) is 0 Å². The van der Waals surface area contributed by atoms with Crippen LogP contribution in [0, 0.1) is 0 Å². The molecular weight excluding hydrogens is 381 g/mol. The number of hydrazone groups is 1. The number of hydrogen-bond donors (Lipinski definition) is 2. The van der Waals surface area contributed by atoms with Crippen molar-refractivity contribution in [3.8, 4) is 11.5 Å². The molecule has 25 heavy (non-hydrogen) atoms. The first-order valence-electron chi connectivity index (χ1n) is 7.29. The highest BCUT2D eigenvalue weighted by Crippen LogP contribution is 2.29. The van der Waals surface area contributed by atoms with E-state index in [4.69, 9.17) is 44.9 Å². The Labute approximate surface area is 161 Å². The Morgan fingerprint density at radius 3 is 2.68 bits per heavy atom. The van der Waals surface area contributed by atoms with Crippen LogP contribution in [0.3, 0.4) is 0 Å². The van der Waals surface area contributed by atoms with Crippen LogP contribution in [-0.2, 0) is 6.61 Å². The number of nitrogens with zero attached hydrogens (tertiary/aromatic N) is 1. The second kappa shape index (κ2) is 9.46. The maximum atomic E-state index is 6.15. The molecule has 0 spiro atoms. The molecule has 0 unspecified atom stereocenters. The molecule has 0 bridgehead atoms. The lowest BCUT2D eigenvalue weighted by Gasteiger charge is -2.12. The first-order chi connectivity index (χ1) is 12.0. The van der Waals surface area contributed by atoms with Crippen LogP contribution in [0.1, 0.15) is 11.1 Å². The summed E-state index contributed by atoms with van der Waals surface area (Å²) in [6.07, 6.45) is 1.63. The van der Waals surface area contributed by atoms with E-state index in [2.05, 4.69) is 15.8 Å². The number of nitrogens with one attached hydrogen (secondary N) is 2. The van der Waals surface area contributed by atoms with E-state index in [1.165, 1.54) is 0 Å². The summed E-state index contributed by atoms with van der Waals surface area (Å²) in [6.45, 7) is 0.303. The van der Waals surface area contributed by atoms with Crippen LogP contribution in [0.15, 0.2) is 41.5 Å². The lowest BCUT2D eigenvalue weighted by atomic mass is 10.2. The zero-order chi connectivity index (χ0) is 18.2. The second-order valence-electron chi connectivity index (χ2n) is 4.88. The molecule has 0 atom stereocenters. The normalized spacial score (nSPS) is 10.6. The SMILES string of the molecule is CNC(=S)N/N=C/c1ccc(OCc2ccc(Cl)cc2Cl)c(OC)c1. The first kappa shape index (κ1) is 19.3. The lowest BCUT2D eigenvalue weighted by molar-refractivity contribution is 0.284. The molecule has 0 radical (unpaired) electrons. The fraction of sp³-hybridized carbons (Fsp3) is 0.176. The van der Waals surface area contributed by atoms with Gasteiger partial charge in [-0.2, -0.15) is 5.10 Å². The third-order valence-electron chi connectivity index (χ3n) is 3.19. The summed E-state index contributed by atoms with van der Waals surface area (Å²) in [5.74, 6) is 1.19. The van der Waals surface area contributed by atoms with Crippen LogP contribution in [0.5, 0.6) is 11.5 Å². The number of ether oxygens (including phenoxy) is 2. The second-order valence-corrected chi connectivity index (χ2v) is 6.14. The quantitative estimate of drug-likeness (QED) is 0.438. The van der Waals surface area contributed by atoms with Gasteiger partial charge in [-0.15, -0.1) is 0 Å². The Morgan fingerprint density at radius 2 is 2.00 bits per heavy atom. The third kappa shape index (κ3) is 5.77. The standard InChI is InChI=1S/C17H17Cl2N3O2S/c1-20-17(25)22-21-9-11-3-6-15(16(7-11)23-2)24-10-12-4-5-13(18)8-14(12)19/h3-9H,10H2,1-2H3,(H2,20,22,25)/b21-9+. The van der Waals surface area contributed by atoms with Crippen molar-refractivity contribution in [3.63, 3.8) is 0 Å². The molecule has 5 nitrogen and oxygen atoms in total. The van der Waals surface area contributed by atoms with Crippen molar-refractivity contribution in [3.05, 3.63) is 57.6 Å². The molecule has 0 saturated heterocycles. The zero-order valence-electron chi connectivity index (χ0n) is 13.7. The summed E-state index contributed by atoms with van der Waals surface area (Å²) in [5, 5.41) is 8.37. The molecule has 0 saturated carbocycles. The molecule has 0 amide bonds. The number of methoxy groups -OCH3 is 1. The van der Waals surface area contributed by atoms with Crippen molar-refractivity contribution in [1.82, 2.24) is 10.7 Å². The number of benzene rings is 2. The van der Waals surface area contributed by atoms with Crippen LogP contribution >= 0.6 is 35.4 Å². The maximum absolute atomic E-state index is 6.15. The van der Waals surface area contributed by atoms with Gasteiger partial charge in [0.15, 0.2) is 16.6 Å².